The molecule has 0 bridgehead atoms. The molecule has 1 aromatic rings. The molecule has 3 N–H and O–H groups in total. The van der Waals surface area contributed by atoms with Crippen molar-refractivity contribution in [2.24, 2.45) is 11.7 Å². The summed E-state index contributed by atoms with van der Waals surface area (Å²) in [5, 5.41) is 3.65. The van der Waals surface area contributed by atoms with Crippen molar-refractivity contribution < 1.29 is 4.39 Å². The molecule has 0 aromatic heterocycles. The largest absolute Gasteiger partial charge is 0.324 e. The highest BCUT2D eigenvalue weighted by molar-refractivity contribution is 6.31. The second-order valence-corrected chi connectivity index (χ2v) is 4.78. The lowest BCUT2D eigenvalue weighted by molar-refractivity contribution is 0.402. The fourth-order valence-electron chi connectivity index (χ4n) is 1.96. The summed E-state index contributed by atoms with van der Waals surface area (Å²) in [5.41, 5.74) is 7.40. The summed E-state index contributed by atoms with van der Waals surface area (Å²) < 4.78 is 13.5. The van der Waals surface area contributed by atoms with Gasteiger partial charge in [0.05, 0.1) is 0 Å². The van der Waals surface area contributed by atoms with Gasteiger partial charge in [-0.3, -0.25) is 0 Å². The first-order valence-electron chi connectivity index (χ1n) is 5.87. The Morgan fingerprint density at radius 2 is 2.12 bits per heavy atom. The maximum absolute atomic E-state index is 13.5. The number of hydrogen-bond donors (Lipinski definition) is 2. The minimum absolute atomic E-state index is 0.241. The minimum Gasteiger partial charge on any atom is -0.324 e. The molecule has 0 fully saturated rings. The molecule has 4 heteroatoms. The summed E-state index contributed by atoms with van der Waals surface area (Å²) in [6, 6.07) is 2.86. The van der Waals surface area contributed by atoms with Crippen LogP contribution < -0.4 is 11.1 Å². The van der Waals surface area contributed by atoms with Crippen LogP contribution in [-0.2, 0) is 0 Å². The summed E-state index contributed by atoms with van der Waals surface area (Å²) >= 11 is 6.13. The number of halogens is 2. The molecule has 17 heavy (non-hydrogen) atoms. The molecule has 0 saturated heterocycles. The van der Waals surface area contributed by atoms with Crippen LogP contribution in [0.2, 0.25) is 5.02 Å². The normalized spacial score (nSPS) is 14.7. The summed E-state index contributed by atoms with van der Waals surface area (Å²) in [6.07, 6.45) is 0.924. The maximum atomic E-state index is 13.5. The van der Waals surface area contributed by atoms with Gasteiger partial charge in [-0.15, -0.1) is 0 Å². The number of rotatable bonds is 5. The van der Waals surface area contributed by atoms with E-state index in [9.17, 15) is 4.39 Å². The lowest BCUT2D eigenvalue weighted by Gasteiger charge is -2.24. The van der Waals surface area contributed by atoms with Crippen molar-refractivity contribution >= 4 is 11.6 Å². The van der Waals surface area contributed by atoms with E-state index >= 15 is 0 Å². The zero-order valence-electron chi connectivity index (χ0n) is 10.6. The molecule has 0 saturated carbocycles. The third-order valence-electron chi connectivity index (χ3n) is 3.14. The van der Waals surface area contributed by atoms with Gasteiger partial charge >= 0.3 is 0 Å². The Hall–Kier alpha value is -0.640. The Morgan fingerprint density at radius 3 is 2.65 bits per heavy atom. The van der Waals surface area contributed by atoms with Crippen LogP contribution in [0.5, 0.6) is 0 Å². The molecule has 0 spiro atoms. The highest BCUT2D eigenvalue weighted by Crippen LogP contribution is 2.30. The molecule has 0 aliphatic rings. The van der Waals surface area contributed by atoms with Crippen molar-refractivity contribution in [1.82, 2.24) is 5.32 Å². The van der Waals surface area contributed by atoms with Crippen LogP contribution in [0.4, 0.5) is 4.39 Å². The van der Waals surface area contributed by atoms with Crippen LogP contribution >= 0.6 is 11.6 Å². The number of nitrogens with two attached hydrogens (primary N) is 1. The Balaban J connectivity index is 3.02. The topological polar surface area (TPSA) is 38.0 Å². The van der Waals surface area contributed by atoms with Gasteiger partial charge in [0, 0.05) is 11.1 Å². The zero-order valence-corrected chi connectivity index (χ0v) is 11.3. The molecule has 2 nitrogen and oxygen atoms in total. The molecule has 1 aromatic carbocycles. The number of aryl methyl sites for hydroxylation is 1. The van der Waals surface area contributed by atoms with Gasteiger partial charge in [0.15, 0.2) is 0 Å². The van der Waals surface area contributed by atoms with Crippen molar-refractivity contribution in [2.75, 3.05) is 13.6 Å². The van der Waals surface area contributed by atoms with E-state index in [1.165, 1.54) is 6.07 Å². The minimum atomic E-state index is -0.251. The summed E-state index contributed by atoms with van der Waals surface area (Å²) in [7, 11) is 1.88. The van der Waals surface area contributed by atoms with Gasteiger partial charge < -0.3 is 11.1 Å². The third-order valence-corrected chi connectivity index (χ3v) is 3.46. The molecule has 96 valence electrons. The molecule has 0 aliphatic heterocycles. The number of hydrogen-bond acceptors (Lipinski definition) is 2. The molecule has 0 radical (unpaired) electrons. The fraction of sp³-hybridized carbons (Fsp3) is 0.538. The lowest BCUT2D eigenvalue weighted by Crippen LogP contribution is -2.29. The van der Waals surface area contributed by atoms with Crippen LogP contribution in [0.25, 0.3) is 0 Å². The Labute approximate surface area is 107 Å². The lowest BCUT2D eigenvalue weighted by atomic mass is 9.91. The van der Waals surface area contributed by atoms with Gasteiger partial charge in [0.25, 0.3) is 0 Å². The van der Waals surface area contributed by atoms with E-state index in [1.807, 2.05) is 7.05 Å². The van der Waals surface area contributed by atoms with Crippen molar-refractivity contribution in [2.45, 2.75) is 26.3 Å². The average Bonchev–Trinajstić information content (AvgIpc) is 2.30. The molecule has 0 heterocycles. The van der Waals surface area contributed by atoms with Gasteiger partial charge in [-0.1, -0.05) is 24.9 Å². The summed E-state index contributed by atoms with van der Waals surface area (Å²) in [4.78, 5) is 0. The second kappa shape index (κ2) is 6.34. The average molecular weight is 259 g/mol. The van der Waals surface area contributed by atoms with Crippen molar-refractivity contribution in [1.29, 1.82) is 0 Å². The Kier molecular flexibility index (Phi) is 5.37. The predicted molar refractivity (Wildman–Crippen MR) is 70.8 cm³/mol. The monoisotopic (exact) mass is 258 g/mol. The molecule has 2 atom stereocenters. The molecule has 0 amide bonds. The maximum Gasteiger partial charge on any atom is 0.126 e. The Bertz CT molecular complexity index is 382. The van der Waals surface area contributed by atoms with Crippen molar-refractivity contribution in [3.63, 3.8) is 0 Å². The van der Waals surface area contributed by atoms with Crippen LogP contribution in [0.3, 0.4) is 0 Å². The first-order chi connectivity index (χ1) is 8.01. The van der Waals surface area contributed by atoms with Crippen LogP contribution in [0.15, 0.2) is 12.1 Å². The molecular weight excluding hydrogens is 239 g/mol. The van der Waals surface area contributed by atoms with E-state index in [4.69, 9.17) is 17.3 Å². The fourth-order valence-corrected chi connectivity index (χ4v) is 2.30. The Morgan fingerprint density at radius 1 is 1.47 bits per heavy atom. The van der Waals surface area contributed by atoms with Crippen molar-refractivity contribution in [3.8, 4) is 0 Å². The van der Waals surface area contributed by atoms with E-state index in [-0.39, 0.29) is 17.8 Å². The SMILES string of the molecule is CCC(CNC)C(N)c1cc(F)c(C)cc1Cl. The van der Waals surface area contributed by atoms with Crippen LogP contribution in [0, 0.1) is 18.7 Å². The van der Waals surface area contributed by atoms with Crippen LogP contribution in [-0.4, -0.2) is 13.6 Å². The van der Waals surface area contributed by atoms with E-state index in [0.29, 0.717) is 16.1 Å². The second-order valence-electron chi connectivity index (χ2n) is 4.37. The quantitative estimate of drug-likeness (QED) is 0.852. The predicted octanol–water partition coefficient (Wildman–Crippen LogP) is 3.03. The first kappa shape index (κ1) is 14.4. The number of benzene rings is 1. The first-order valence-corrected chi connectivity index (χ1v) is 6.24. The molecular formula is C13H20ClFN2. The smallest absolute Gasteiger partial charge is 0.126 e. The highest BCUT2D eigenvalue weighted by Gasteiger charge is 2.20. The third kappa shape index (κ3) is 3.41. The number of nitrogens with one attached hydrogen (secondary N) is 1. The van der Waals surface area contributed by atoms with Crippen LogP contribution in [0.1, 0.15) is 30.5 Å². The van der Waals surface area contributed by atoms with E-state index in [1.54, 1.807) is 13.0 Å². The van der Waals surface area contributed by atoms with Gasteiger partial charge in [-0.05, 0) is 49.7 Å². The zero-order chi connectivity index (χ0) is 13.0. The van der Waals surface area contributed by atoms with E-state index in [2.05, 4.69) is 12.2 Å². The van der Waals surface area contributed by atoms with Gasteiger partial charge in [-0.25, -0.2) is 4.39 Å². The van der Waals surface area contributed by atoms with E-state index < -0.39 is 0 Å². The van der Waals surface area contributed by atoms with Gasteiger partial charge in [-0.2, -0.15) is 0 Å². The van der Waals surface area contributed by atoms with E-state index in [0.717, 1.165) is 13.0 Å². The molecule has 1 rings (SSSR count). The summed E-state index contributed by atoms with van der Waals surface area (Å²) in [6.45, 7) is 4.56. The van der Waals surface area contributed by atoms with Crippen molar-refractivity contribution in [3.05, 3.63) is 34.1 Å². The molecule has 0 aliphatic carbocycles. The van der Waals surface area contributed by atoms with Gasteiger partial charge in [0.1, 0.15) is 5.82 Å². The summed E-state index contributed by atoms with van der Waals surface area (Å²) in [5.74, 6) is -0.00114. The standard InChI is InChI=1S/C13H20ClFN2/c1-4-9(7-17-3)13(16)10-6-12(15)8(2)5-11(10)14/h5-6,9,13,17H,4,7,16H2,1-3H3. The van der Waals surface area contributed by atoms with Gasteiger partial charge in [0.2, 0.25) is 0 Å². The highest BCUT2D eigenvalue weighted by atomic mass is 35.5. The molecule has 2 unspecified atom stereocenters.